The first-order chi connectivity index (χ1) is 11.7. The van der Waals surface area contributed by atoms with Gasteiger partial charge < -0.3 is 15.0 Å². The highest BCUT2D eigenvalue weighted by molar-refractivity contribution is 6.32. The number of pyridine rings is 1. The number of hydrogen-bond acceptors (Lipinski definition) is 5. The van der Waals surface area contributed by atoms with E-state index in [0.29, 0.717) is 22.5 Å². The van der Waals surface area contributed by atoms with E-state index in [1.165, 1.54) is 20.0 Å². The van der Waals surface area contributed by atoms with Crippen molar-refractivity contribution in [2.75, 3.05) is 5.32 Å². The van der Waals surface area contributed by atoms with Gasteiger partial charge in [-0.3, -0.25) is 9.59 Å². The van der Waals surface area contributed by atoms with E-state index >= 15 is 0 Å². The van der Waals surface area contributed by atoms with Crippen molar-refractivity contribution in [1.29, 1.82) is 0 Å². The minimum absolute atomic E-state index is 0.135. The summed E-state index contributed by atoms with van der Waals surface area (Å²) in [7, 11) is 0. The van der Waals surface area contributed by atoms with Crippen molar-refractivity contribution in [2.24, 2.45) is 0 Å². The molecule has 0 saturated carbocycles. The molecule has 0 bridgehead atoms. The van der Waals surface area contributed by atoms with Crippen LogP contribution in [0.4, 0.5) is 5.69 Å². The summed E-state index contributed by atoms with van der Waals surface area (Å²) < 4.78 is 5.18. The van der Waals surface area contributed by atoms with Crippen LogP contribution in [-0.4, -0.2) is 33.7 Å². The molecule has 0 aromatic carbocycles. The average Bonchev–Trinajstić information content (AvgIpc) is 2.84. The fourth-order valence-corrected chi connectivity index (χ4v) is 2.64. The minimum atomic E-state index is -1.06. The van der Waals surface area contributed by atoms with Gasteiger partial charge in [0.2, 0.25) is 0 Å². The second-order valence-corrected chi connectivity index (χ2v) is 5.92. The van der Waals surface area contributed by atoms with Gasteiger partial charge in [0, 0.05) is 17.5 Å². The molecule has 0 aliphatic carbocycles. The lowest BCUT2D eigenvalue weighted by Crippen LogP contribution is -2.30. The van der Waals surface area contributed by atoms with E-state index in [4.69, 9.17) is 16.3 Å². The maximum atomic E-state index is 12.3. The highest BCUT2D eigenvalue weighted by Crippen LogP contribution is 2.21. The van der Waals surface area contributed by atoms with E-state index in [0.717, 1.165) is 0 Å². The van der Waals surface area contributed by atoms with Crippen LogP contribution in [0.1, 0.15) is 46.0 Å². The summed E-state index contributed by atoms with van der Waals surface area (Å²) in [6.07, 6.45) is 0.428. The number of aromatic nitrogens is 2. The Morgan fingerprint density at radius 1 is 1.32 bits per heavy atom. The Balaban J connectivity index is 2.10. The van der Waals surface area contributed by atoms with Crippen molar-refractivity contribution in [3.8, 4) is 0 Å². The monoisotopic (exact) mass is 363 g/mol. The number of aromatic amines is 1. The number of hydrogen-bond donors (Lipinski definition) is 2. The van der Waals surface area contributed by atoms with Gasteiger partial charge in [-0.15, -0.1) is 0 Å². The number of aryl methyl sites for hydroxylation is 1. The Morgan fingerprint density at radius 2 is 2.00 bits per heavy atom. The number of H-pyrrole nitrogens is 1. The molecule has 0 aliphatic heterocycles. The van der Waals surface area contributed by atoms with Gasteiger partial charge in [0.15, 0.2) is 17.0 Å². The van der Waals surface area contributed by atoms with E-state index in [1.54, 1.807) is 26.0 Å². The highest BCUT2D eigenvalue weighted by atomic mass is 35.5. The Labute approximate surface area is 149 Å². The lowest BCUT2D eigenvalue weighted by atomic mass is 10.1. The van der Waals surface area contributed by atoms with Crippen molar-refractivity contribution in [3.63, 3.8) is 0 Å². The van der Waals surface area contributed by atoms with Crippen molar-refractivity contribution < 1.29 is 19.1 Å². The number of amides is 1. The average molecular weight is 364 g/mol. The van der Waals surface area contributed by atoms with Crippen LogP contribution >= 0.6 is 11.6 Å². The van der Waals surface area contributed by atoms with E-state index in [1.807, 2.05) is 0 Å². The molecule has 1 amide bonds. The maximum Gasteiger partial charge on any atom is 0.355 e. The molecule has 0 fully saturated rings. The summed E-state index contributed by atoms with van der Waals surface area (Å²) in [6.45, 7) is 6.21. The summed E-state index contributed by atoms with van der Waals surface area (Å²) >= 11 is 5.87. The number of carbonyl (C=O) groups excluding carboxylic acids is 3. The fraction of sp³-hybridized carbons (Fsp3) is 0.294. The van der Waals surface area contributed by atoms with Gasteiger partial charge in [0.25, 0.3) is 5.91 Å². The first-order valence-electron chi connectivity index (χ1n) is 7.54. The molecule has 2 heterocycles. The number of carbonyl (C=O) groups is 3. The molecule has 0 radical (unpaired) electrons. The van der Waals surface area contributed by atoms with Gasteiger partial charge in [0.1, 0.15) is 5.69 Å². The number of nitrogens with zero attached hydrogens (tertiary/aromatic N) is 1. The van der Waals surface area contributed by atoms with Gasteiger partial charge >= 0.3 is 5.97 Å². The standard InChI is InChI=1S/C17H18ClN3O4/c1-8-13(10(3)22)9(2)20-14(8)17(24)25-11(4)16(23)21-12-6-5-7-19-15(12)18/h5-7,11,20H,1-4H3,(H,21,23)/t11-/m1/s1. The highest BCUT2D eigenvalue weighted by Gasteiger charge is 2.25. The molecule has 0 saturated heterocycles. The summed E-state index contributed by atoms with van der Waals surface area (Å²) in [5.74, 6) is -1.41. The molecular weight excluding hydrogens is 346 g/mol. The fourth-order valence-electron chi connectivity index (χ4n) is 2.47. The zero-order valence-electron chi connectivity index (χ0n) is 14.3. The number of anilines is 1. The van der Waals surface area contributed by atoms with E-state index < -0.39 is 18.0 Å². The zero-order valence-corrected chi connectivity index (χ0v) is 15.0. The Kier molecular flexibility index (Phi) is 5.58. The molecule has 132 valence electrons. The topological polar surface area (TPSA) is 101 Å². The smallest absolute Gasteiger partial charge is 0.355 e. The Hall–Kier alpha value is -2.67. The molecule has 25 heavy (non-hydrogen) atoms. The third kappa shape index (κ3) is 4.06. The van der Waals surface area contributed by atoms with Gasteiger partial charge in [0.05, 0.1) is 5.69 Å². The van der Waals surface area contributed by atoms with Crippen LogP contribution < -0.4 is 5.32 Å². The van der Waals surface area contributed by atoms with Crippen molar-refractivity contribution in [1.82, 2.24) is 9.97 Å². The van der Waals surface area contributed by atoms with Crippen LogP contribution in [0, 0.1) is 13.8 Å². The molecule has 7 nitrogen and oxygen atoms in total. The van der Waals surface area contributed by atoms with Gasteiger partial charge in [-0.2, -0.15) is 0 Å². The van der Waals surface area contributed by atoms with Crippen molar-refractivity contribution >= 4 is 34.9 Å². The van der Waals surface area contributed by atoms with Crippen LogP contribution in [0.25, 0.3) is 0 Å². The lowest BCUT2D eigenvalue weighted by molar-refractivity contribution is -0.123. The summed E-state index contributed by atoms with van der Waals surface area (Å²) in [5.41, 5.74) is 2.00. The van der Waals surface area contributed by atoms with Crippen LogP contribution in [0.2, 0.25) is 5.15 Å². The van der Waals surface area contributed by atoms with Crippen LogP contribution in [0.3, 0.4) is 0 Å². The SMILES string of the molecule is CC(=O)c1c(C)[nH]c(C(=O)O[C@H](C)C(=O)Nc2cccnc2Cl)c1C. The number of Topliss-reactive ketones (excluding diaryl/α,β-unsaturated/α-hetero) is 1. The molecule has 2 aromatic heterocycles. The third-order valence-corrected chi connectivity index (χ3v) is 3.96. The maximum absolute atomic E-state index is 12.3. The first kappa shape index (κ1) is 18.7. The molecule has 2 N–H and O–H groups in total. The van der Waals surface area contributed by atoms with E-state index in [2.05, 4.69) is 15.3 Å². The van der Waals surface area contributed by atoms with Crippen LogP contribution in [0.5, 0.6) is 0 Å². The second kappa shape index (κ2) is 7.48. The molecular formula is C17H18ClN3O4. The molecule has 0 spiro atoms. The summed E-state index contributed by atoms with van der Waals surface area (Å²) in [4.78, 5) is 42.8. The first-order valence-corrected chi connectivity index (χ1v) is 7.92. The second-order valence-electron chi connectivity index (χ2n) is 5.56. The number of ether oxygens (including phenoxy) is 1. The number of rotatable bonds is 5. The Morgan fingerprint density at radius 3 is 2.56 bits per heavy atom. The molecule has 0 unspecified atom stereocenters. The van der Waals surface area contributed by atoms with Crippen LogP contribution in [0.15, 0.2) is 18.3 Å². The van der Waals surface area contributed by atoms with Crippen LogP contribution in [-0.2, 0) is 9.53 Å². The minimum Gasteiger partial charge on any atom is -0.448 e. The van der Waals surface area contributed by atoms with Gasteiger partial charge in [-0.05, 0) is 45.4 Å². The molecule has 0 aliphatic rings. The normalized spacial score (nSPS) is 11.7. The molecule has 8 heteroatoms. The summed E-state index contributed by atoms with van der Waals surface area (Å²) in [5, 5.41) is 2.68. The number of nitrogens with one attached hydrogen (secondary N) is 2. The predicted octanol–water partition coefficient (Wildman–Crippen LogP) is 3.07. The van der Waals surface area contributed by atoms with Crippen molar-refractivity contribution in [3.05, 3.63) is 46.0 Å². The number of ketones is 1. The molecule has 2 aromatic rings. The Bertz CT molecular complexity index is 844. The molecule has 2 rings (SSSR count). The third-order valence-electron chi connectivity index (χ3n) is 3.66. The van der Waals surface area contributed by atoms with Gasteiger partial charge in [-0.1, -0.05) is 11.6 Å². The summed E-state index contributed by atoms with van der Waals surface area (Å²) in [6, 6.07) is 3.20. The van der Waals surface area contributed by atoms with E-state index in [-0.39, 0.29) is 16.6 Å². The lowest BCUT2D eigenvalue weighted by Gasteiger charge is -2.13. The number of esters is 1. The number of halogens is 1. The molecule has 1 atom stereocenters. The largest absolute Gasteiger partial charge is 0.448 e. The van der Waals surface area contributed by atoms with E-state index in [9.17, 15) is 14.4 Å². The van der Waals surface area contributed by atoms with Crippen molar-refractivity contribution in [2.45, 2.75) is 33.8 Å². The predicted molar refractivity (Wildman–Crippen MR) is 93.0 cm³/mol. The quantitative estimate of drug-likeness (QED) is 0.483. The van der Waals surface area contributed by atoms with Gasteiger partial charge in [-0.25, -0.2) is 9.78 Å². The zero-order chi connectivity index (χ0) is 18.7.